The second kappa shape index (κ2) is 6.06. The van der Waals surface area contributed by atoms with E-state index in [9.17, 15) is 0 Å². The molecule has 0 heterocycles. The van der Waals surface area contributed by atoms with Crippen LogP contribution in [0.4, 0.5) is 0 Å². The van der Waals surface area contributed by atoms with E-state index in [0.29, 0.717) is 0 Å². The van der Waals surface area contributed by atoms with Crippen LogP contribution in [0.1, 0.15) is 6.92 Å². The number of hydrogen-bond donors (Lipinski definition) is 1. The summed E-state index contributed by atoms with van der Waals surface area (Å²) in [6.45, 7) is 13.4. The molecule has 0 saturated carbocycles. The third-order valence-electron chi connectivity index (χ3n) is 1.43. The van der Waals surface area contributed by atoms with Crippen LogP contribution >= 0.6 is 0 Å². The van der Waals surface area contributed by atoms with Crippen molar-refractivity contribution in [2.24, 2.45) is 0 Å². The standard InChI is InChI=1S/C12H17N/c1-10(2)6-7-11(3)12(4)8-9-13-5/h6-9,13H,1,3-4H2,2,5H3/b7-6-,9-8-. The van der Waals surface area contributed by atoms with Gasteiger partial charge in [0.25, 0.3) is 0 Å². The molecule has 1 N–H and O–H groups in total. The van der Waals surface area contributed by atoms with E-state index in [1.165, 1.54) is 0 Å². The third kappa shape index (κ3) is 5.74. The van der Waals surface area contributed by atoms with Crippen LogP contribution in [-0.2, 0) is 0 Å². The van der Waals surface area contributed by atoms with E-state index in [0.717, 1.165) is 16.7 Å². The van der Waals surface area contributed by atoms with Gasteiger partial charge in [0, 0.05) is 7.05 Å². The molecular formula is C12H17N. The minimum Gasteiger partial charge on any atom is -0.394 e. The second-order valence-corrected chi connectivity index (χ2v) is 2.85. The molecule has 0 aliphatic carbocycles. The van der Waals surface area contributed by atoms with Crippen molar-refractivity contribution in [3.05, 3.63) is 60.9 Å². The SMILES string of the molecule is C=C(C)/C=C\C(=C)C(=C)/C=C\NC. The van der Waals surface area contributed by atoms with Gasteiger partial charge >= 0.3 is 0 Å². The van der Waals surface area contributed by atoms with E-state index in [1.807, 2.05) is 38.4 Å². The number of nitrogens with one attached hydrogen (secondary N) is 1. The highest BCUT2D eigenvalue weighted by atomic mass is 14.8. The Kier molecular flexibility index (Phi) is 5.37. The molecular weight excluding hydrogens is 158 g/mol. The van der Waals surface area contributed by atoms with E-state index in [4.69, 9.17) is 0 Å². The second-order valence-electron chi connectivity index (χ2n) is 2.85. The van der Waals surface area contributed by atoms with Crippen LogP contribution in [0.3, 0.4) is 0 Å². The van der Waals surface area contributed by atoms with E-state index in [1.54, 1.807) is 0 Å². The normalized spacial score (nSPS) is 10.6. The minimum absolute atomic E-state index is 0.895. The fourth-order valence-corrected chi connectivity index (χ4v) is 0.641. The van der Waals surface area contributed by atoms with Gasteiger partial charge in [-0.15, -0.1) is 0 Å². The monoisotopic (exact) mass is 175 g/mol. The maximum atomic E-state index is 3.87. The van der Waals surface area contributed by atoms with Crippen molar-refractivity contribution in [3.8, 4) is 0 Å². The molecule has 0 saturated heterocycles. The van der Waals surface area contributed by atoms with E-state index >= 15 is 0 Å². The molecule has 0 radical (unpaired) electrons. The van der Waals surface area contributed by atoms with Crippen molar-refractivity contribution in [3.63, 3.8) is 0 Å². The van der Waals surface area contributed by atoms with Crippen molar-refractivity contribution in [2.45, 2.75) is 6.92 Å². The van der Waals surface area contributed by atoms with Crippen molar-refractivity contribution >= 4 is 0 Å². The first-order valence-electron chi connectivity index (χ1n) is 4.13. The summed E-state index contributed by atoms with van der Waals surface area (Å²) < 4.78 is 0. The predicted molar refractivity (Wildman–Crippen MR) is 60.4 cm³/mol. The van der Waals surface area contributed by atoms with Crippen molar-refractivity contribution in [1.82, 2.24) is 5.32 Å². The number of rotatable bonds is 5. The van der Waals surface area contributed by atoms with E-state index in [-0.39, 0.29) is 0 Å². The molecule has 1 nitrogen and oxygen atoms in total. The number of allylic oxidation sites excluding steroid dienone is 6. The molecule has 0 rings (SSSR count). The molecule has 0 amide bonds. The lowest BCUT2D eigenvalue weighted by molar-refractivity contribution is 1.10. The van der Waals surface area contributed by atoms with Gasteiger partial charge in [0.15, 0.2) is 0 Å². The summed E-state index contributed by atoms with van der Waals surface area (Å²) >= 11 is 0. The van der Waals surface area contributed by atoms with E-state index < -0.39 is 0 Å². The van der Waals surface area contributed by atoms with Gasteiger partial charge in [-0.25, -0.2) is 0 Å². The molecule has 0 aromatic carbocycles. The average Bonchev–Trinajstić information content (AvgIpc) is 2.10. The molecule has 0 spiro atoms. The Labute approximate surface area is 80.9 Å². The van der Waals surface area contributed by atoms with Crippen LogP contribution in [0.15, 0.2) is 60.9 Å². The quantitative estimate of drug-likeness (QED) is 0.633. The topological polar surface area (TPSA) is 12.0 Å². The minimum atomic E-state index is 0.895. The smallest absolute Gasteiger partial charge is 0.00277 e. The average molecular weight is 175 g/mol. The molecule has 1 heteroatoms. The van der Waals surface area contributed by atoms with Crippen LogP contribution in [-0.4, -0.2) is 7.05 Å². The molecule has 0 unspecified atom stereocenters. The van der Waals surface area contributed by atoms with Crippen LogP contribution < -0.4 is 5.32 Å². The molecule has 0 atom stereocenters. The molecule has 0 aromatic heterocycles. The molecule has 0 aliphatic heterocycles. The summed E-state index contributed by atoms with van der Waals surface area (Å²) in [7, 11) is 1.84. The molecule has 0 aliphatic rings. The molecule has 0 bridgehead atoms. The zero-order valence-electron chi connectivity index (χ0n) is 8.43. The predicted octanol–water partition coefficient (Wildman–Crippen LogP) is 2.96. The third-order valence-corrected chi connectivity index (χ3v) is 1.43. The van der Waals surface area contributed by atoms with E-state index in [2.05, 4.69) is 25.1 Å². The Bertz CT molecular complexity index is 267. The van der Waals surface area contributed by atoms with Crippen LogP contribution in [0, 0.1) is 0 Å². The summed E-state index contributed by atoms with van der Waals surface area (Å²) in [4.78, 5) is 0. The van der Waals surface area contributed by atoms with Gasteiger partial charge in [0.1, 0.15) is 0 Å². The summed E-state index contributed by atoms with van der Waals surface area (Å²) in [5.74, 6) is 0. The largest absolute Gasteiger partial charge is 0.394 e. The summed E-state index contributed by atoms with van der Waals surface area (Å²) in [5.41, 5.74) is 2.80. The Morgan fingerprint density at radius 1 is 1.00 bits per heavy atom. The highest BCUT2D eigenvalue weighted by Crippen LogP contribution is 2.08. The van der Waals surface area contributed by atoms with Gasteiger partial charge < -0.3 is 5.32 Å². The molecule has 70 valence electrons. The van der Waals surface area contributed by atoms with Gasteiger partial charge in [0.05, 0.1) is 0 Å². The lowest BCUT2D eigenvalue weighted by Crippen LogP contribution is -1.91. The first-order valence-corrected chi connectivity index (χ1v) is 4.13. The van der Waals surface area contributed by atoms with Crippen LogP contribution in [0.2, 0.25) is 0 Å². The summed E-state index contributed by atoms with van der Waals surface area (Å²) in [6, 6.07) is 0. The maximum absolute atomic E-state index is 3.87. The molecule has 0 fully saturated rings. The van der Waals surface area contributed by atoms with Gasteiger partial charge in [-0.1, -0.05) is 37.5 Å². The molecule has 13 heavy (non-hydrogen) atoms. The van der Waals surface area contributed by atoms with Crippen LogP contribution in [0.25, 0.3) is 0 Å². The summed E-state index contributed by atoms with van der Waals surface area (Å²) in [6.07, 6.45) is 7.53. The van der Waals surface area contributed by atoms with Crippen molar-refractivity contribution in [1.29, 1.82) is 0 Å². The lowest BCUT2D eigenvalue weighted by atomic mass is 10.1. The fourth-order valence-electron chi connectivity index (χ4n) is 0.641. The highest BCUT2D eigenvalue weighted by molar-refractivity contribution is 5.43. The molecule has 0 aromatic rings. The summed E-state index contributed by atoms with van der Waals surface area (Å²) in [5, 5.41) is 2.89. The zero-order chi connectivity index (χ0) is 10.3. The van der Waals surface area contributed by atoms with Gasteiger partial charge in [0.2, 0.25) is 0 Å². The first kappa shape index (κ1) is 11.5. The number of hydrogen-bond acceptors (Lipinski definition) is 1. The Morgan fingerprint density at radius 2 is 1.54 bits per heavy atom. The highest BCUT2D eigenvalue weighted by Gasteiger charge is 1.89. The van der Waals surface area contributed by atoms with Crippen molar-refractivity contribution < 1.29 is 0 Å². The van der Waals surface area contributed by atoms with Crippen LogP contribution in [0.5, 0.6) is 0 Å². The Morgan fingerprint density at radius 3 is 2.00 bits per heavy atom. The van der Waals surface area contributed by atoms with Gasteiger partial charge in [-0.05, 0) is 30.3 Å². The lowest BCUT2D eigenvalue weighted by Gasteiger charge is -1.98. The Hall–Kier alpha value is -1.50. The maximum Gasteiger partial charge on any atom is 0.00277 e. The first-order chi connectivity index (χ1) is 6.07. The Balaban J connectivity index is 4.20. The van der Waals surface area contributed by atoms with Crippen molar-refractivity contribution in [2.75, 3.05) is 7.05 Å². The van der Waals surface area contributed by atoms with Gasteiger partial charge in [-0.2, -0.15) is 0 Å². The fraction of sp³-hybridized carbons (Fsp3) is 0.167. The van der Waals surface area contributed by atoms with Gasteiger partial charge in [-0.3, -0.25) is 0 Å². The zero-order valence-corrected chi connectivity index (χ0v) is 8.43.